The van der Waals surface area contributed by atoms with E-state index in [-0.39, 0.29) is 39.9 Å². The highest BCUT2D eigenvalue weighted by molar-refractivity contribution is 5.87. The van der Waals surface area contributed by atoms with E-state index in [9.17, 15) is 86.2 Å². The molecule has 0 bridgehead atoms. The highest BCUT2D eigenvalue weighted by Crippen LogP contribution is 2.48. The Hall–Kier alpha value is -7.68. The Balaban J connectivity index is 1.12. The summed E-state index contributed by atoms with van der Waals surface area (Å²) in [4.78, 5) is 25.9. The molecule has 0 aliphatic carbocycles. The summed E-state index contributed by atoms with van der Waals surface area (Å²) in [5.41, 5.74) is 0.430. The van der Waals surface area contributed by atoms with Gasteiger partial charge in [-0.05, 0) is 65.8 Å². The van der Waals surface area contributed by atoms with E-state index in [2.05, 4.69) is 0 Å². The van der Waals surface area contributed by atoms with Crippen molar-refractivity contribution in [2.45, 2.75) is 98.2 Å². The molecule has 0 spiro atoms. The van der Waals surface area contributed by atoms with Gasteiger partial charge in [0.25, 0.3) is 0 Å². The number of benzene rings is 4. The maximum atomic E-state index is 13.1. The standard InChI is InChI=1S/C53H58O28/c1-71-32-11-21(3-7-26(32)56)5-9-38(60)73-19-36-42(64)45(67)48(70)52(79-36)81-50-46(68)43(65)37(20-74-39(61)10-6-22-4-8-27(57)33(12-22)72-2)80-53(50)77-34-17-25-30(75-49(34)23-13-28(58)40(62)29(59)14-23)15-24(55)16-31(25)76-51-47(69)44(66)41(63)35(18-54)78-51/h3-17,35-37,41-59,62-70H,18-20H2,1-2H3. The predicted octanol–water partition coefficient (Wildman–Crippen LogP) is -1.24. The summed E-state index contributed by atoms with van der Waals surface area (Å²) in [5.74, 6) is -6.53. The third kappa shape index (κ3) is 13.2. The molecule has 0 amide bonds. The molecule has 16 unspecified atom stereocenters. The number of aliphatic hydroxyl groups excluding tert-OH is 9. The minimum atomic E-state index is -2.20. The van der Waals surface area contributed by atoms with Crippen molar-refractivity contribution in [2.75, 3.05) is 34.0 Å². The molecule has 438 valence electrons. The zero-order valence-electron chi connectivity index (χ0n) is 42.5. The van der Waals surface area contributed by atoms with E-state index in [1.54, 1.807) is 0 Å². The maximum absolute atomic E-state index is 13.1. The lowest BCUT2D eigenvalue weighted by molar-refractivity contribution is -0.364. The molecular weight excluding hydrogens is 1080 g/mol. The second-order valence-electron chi connectivity index (χ2n) is 18.7. The number of rotatable bonds is 18. The van der Waals surface area contributed by atoms with Crippen LogP contribution in [-0.4, -0.2) is 215 Å². The third-order valence-electron chi connectivity index (χ3n) is 13.2. The lowest BCUT2D eigenvalue weighted by Crippen LogP contribution is -2.64. The first-order valence-electron chi connectivity index (χ1n) is 24.5. The fourth-order valence-electron chi connectivity index (χ4n) is 8.81. The van der Waals surface area contributed by atoms with Gasteiger partial charge >= 0.3 is 11.9 Å². The molecule has 28 heteroatoms. The van der Waals surface area contributed by atoms with Crippen molar-refractivity contribution in [3.8, 4) is 57.5 Å². The fraction of sp³-hybridized carbons (Fsp3) is 0.396. The fourth-order valence-corrected chi connectivity index (χ4v) is 8.81. The number of carbonyl (C=O) groups excluding carboxylic acids is 2. The van der Waals surface area contributed by atoms with Crippen molar-refractivity contribution in [3.63, 3.8) is 0 Å². The van der Waals surface area contributed by atoms with Crippen LogP contribution in [0.4, 0.5) is 0 Å². The molecule has 4 aromatic carbocycles. The van der Waals surface area contributed by atoms with Gasteiger partial charge in [-0.3, -0.25) is 0 Å². The Labute approximate surface area is 458 Å². The minimum Gasteiger partial charge on any atom is -0.508 e. The molecule has 16 atom stereocenters. The Bertz CT molecular complexity index is 2960. The minimum absolute atomic E-state index is 0.0910. The number of hydrogen-bond donors (Lipinski definition) is 15. The lowest BCUT2D eigenvalue weighted by Gasteiger charge is -2.46. The summed E-state index contributed by atoms with van der Waals surface area (Å²) >= 11 is 0. The van der Waals surface area contributed by atoms with Gasteiger partial charge in [0.2, 0.25) is 12.6 Å². The maximum Gasteiger partial charge on any atom is 0.330 e. The first kappa shape index (κ1) is 59.4. The van der Waals surface area contributed by atoms with Crippen LogP contribution in [0.5, 0.6) is 57.5 Å². The SMILES string of the molecule is COc1cc(C=CC(=O)OCC2OC(OC3C(OC4=Cc5c(cc(O)cc5OC5OC(CO)C(O)C(O)C5O)OC4c4cc(O)c(O)c(O)c4)OC(COC(=O)C=Cc4ccc(O)c(OC)c4)C(O)C3O)C(O)C(O)C2O)ccc1O. The number of carbonyl (C=O) groups is 2. The molecule has 4 heterocycles. The van der Waals surface area contributed by atoms with Gasteiger partial charge in [0.15, 0.2) is 58.7 Å². The summed E-state index contributed by atoms with van der Waals surface area (Å²) in [7, 11) is 2.63. The number of phenolic OH excluding ortho intramolecular Hbond substituents is 6. The molecular formula is C53H58O28. The number of fused-ring (bicyclic) bond motifs is 1. The molecule has 3 fully saturated rings. The Kier molecular flexibility index (Phi) is 18.6. The third-order valence-corrected chi connectivity index (χ3v) is 13.2. The van der Waals surface area contributed by atoms with Crippen molar-refractivity contribution >= 4 is 30.2 Å². The molecule has 4 aliphatic rings. The second-order valence-corrected chi connectivity index (χ2v) is 18.7. The summed E-state index contributed by atoms with van der Waals surface area (Å²) in [6.07, 6.45) is -25.2. The smallest absolute Gasteiger partial charge is 0.330 e. The van der Waals surface area contributed by atoms with Crippen molar-refractivity contribution in [1.29, 1.82) is 0 Å². The van der Waals surface area contributed by atoms with Crippen LogP contribution in [-0.2, 0) is 42.7 Å². The van der Waals surface area contributed by atoms with Crippen molar-refractivity contribution in [3.05, 3.63) is 101 Å². The predicted molar refractivity (Wildman–Crippen MR) is 268 cm³/mol. The lowest BCUT2D eigenvalue weighted by atomic mass is 9.97. The summed E-state index contributed by atoms with van der Waals surface area (Å²) < 4.78 is 62.8. The van der Waals surface area contributed by atoms with Crippen LogP contribution in [0, 0.1) is 0 Å². The molecule has 4 aromatic rings. The highest BCUT2D eigenvalue weighted by atomic mass is 16.8. The zero-order chi connectivity index (χ0) is 58.6. The summed E-state index contributed by atoms with van der Waals surface area (Å²) in [5, 5.41) is 161. The average Bonchev–Trinajstić information content (AvgIpc) is 3.65. The molecule has 3 saturated heterocycles. The van der Waals surface area contributed by atoms with E-state index in [4.69, 9.17) is 52.1 Å². The number of phenols is 6. The summed E-state index contributed by atoms with van der Waals surface area (Å²) in [6.45, 7) is -2.47. The molecule has 8 rings (SSSR count). The molecule has 0 radical (unpaired) electrons. The van der Waals surface area contributed by atoms with E-state index in [0.29, 0.717) is 11.1 Å². The van der Waals surface area contributed by atoms with Gasteiger partial charge in [0.1, 0.15) is 103 Å². The number of aliphatic hydroxyl groups is 9. The topological polar surface area (TPSA) is 439 Å². The number of aromatic hydroxyl groups is 6. The number of methoxy groups -OCH3 is 2. The average molecular weight is 1140 g/mol. The van der Waals surface area contributed by atoms with Gasteiger partial charge in [-0.15, -0.1) is 0 Å². The summed E-state index contributed by atoms with van der Waals surface area (Å²) in [6, 6.07) is 12.3. The van der Waals surface area contributed by atoms with E-state index in [1.165, 1.54) is 62.8 Å². The Morgan fingerprint density at radius 3 is 1.59 bits per heavy atom. The number of esters is 2. The van der Waals surface area contributed by atoms with Crippen molar-refractivity contribution in [1.82, 2.24) is 0 Å². The molecule has 81 heavy (non-hydrogen) atoms. The highest BCUT2D eigenvalue weighted by Gasteiger charge is 2.53. The first-order chi connectivity index (χ1) is 38.6. The molecule has 15 N–H and O–H groups in total. The second kappa shape index (κ2) is 25.4. The first-order valence-corrected chi connectivity index (χ1v) is 24.5. The molecule has 0 aromatic heterocycles. The molecule has 0 saturated carbocycles. The van der Waals surface area contributed by atoms with Crippen LogP contribution in [0.1, 0.15) is 28.4 Å². The van der Waals surface area contributed by atoms with Gasteiger partial charge in [-0.2, -0.15) is 0 Å². The normalized spacial score (nSPS) is 30.2. The van der Waals surface area contributed by atoms with E-state index < -0.39 is 164 Å². The number of hydrogen-bond acceptors (Lipinski definition) is 28. The molecule has 28 nitrogen and oxygen atoms in total. The largest absolute Gasteiger partial charge is 0.508 e. The van der Waals surface area contributed by atoms with E-state index >= 15 is 0 Å². The van der Waals surface area contributed by atoms with Crippen LogP contribution in [0.25, 0.3) is 18.2 Å². The van der Waals surface area contributed by atoms with Gasteiger partial charge in [0.05, 0.1) is 26.4 Å². The molecule has 4 aliphatic heterocycles. The van der Waals surface area contributed by atoms with E-state index in [1.807, 2.05) is 0 Å². The number of ether oxygens (including phenoxy) is 11. The van der Waals surface area contributed by atoms with Gasteiger partial charge in [-0.1, -0.05) is 12.1 Å². The monoisotopic (exact) mass is 1140 g/mol. The van der Waals surface area contributed by atoms with Crippen LogP contribution in [0.3, 0.4) is 0 Å². The zero-order valence-corrected chi connectivity index (χ0v) is 42.5. The van der Waals surface area contributed by atoms with Gasteiger partial charge in [-0.25, -0.2) is 9.59 Å². The Morgan fingerprint density at radius 1 is 0.543 bits per heavy atom. The van der Waals surface area contributed by atoms with Crippen molar-refractivity contribution in [2.24, 2.45) is 0 Å². The van der Waals surface area contributed by atoms with Crippen LogP contribution in [0.15, 0.2) is 78.6 Å². The van der Waals surface area contributed by atoms with Crippen LogP contribution in [0.2, 0.25) is 0 Å². The van der Waals surface area contributed by atoms with E-state index in [0.717, 1.165) is 42.5 Å². The van der Waals surface area contributed by atoms with Crippen LogP contribution >= 0.6 is 0 Å². The Morgan fingerprint density at radius 2 is 1.05 bits per heavy atom. The van der Waals surface area contributed by atoms with Gasteiger partial charge < -0.3 is 129 Å². The van der Waals surface area contributed by atoms with Crippen LogP contribution < -0.4 is 18.9 Å². The van der Waals surface area contributed by atoms with Crippen molar-refractivity contribution < 1.29 is 138 Å². The van der Waals surface area contributed by atoms with Gasteiger partial charge in [0, 0.05) is 29.8 Å². The quantitative estimate of drug-likeness (QED) is 0.0315.